The number of halogens is 1. The molecule has 0 saturated carbocycles. The third-order valence-electron chi connectivity index (χ3n) is 4.28. The molecule has 2 aliphatic rings. The van der Waals surface area contributed by atoms with Crippen molar-refractivity contribution in [2.24, 2.45) is 0 Å². The molecular formula is C16H18ClN3O3S. The van der Waals surface area contributed by atoms with E-state index in [4.69, 9.17) is 11.6 Å². The zero-order chi connectivity index (χ0) is 17.3. The average molecular weight is 368 g/mol. The van der Waals surface area contributed by atoms with E-state index in [2.05, 4.69) is 10.6 Å². The number of hydrogen-bond donors (Lipinski definition) is 2. The molecule has 0 aromatic heterocycles. The van der Waals surface area contributed by atoms with Gasteiger partial charge in [0.1, 0.15) is 6.04 Å². The van der Waals surface area contributed by atoms with Gasteiger partial charge in [-0.2, -0.15) is 11.8 Å². The van der Waals surface area contributed by atoms with E-state index in [0.29, 0.717) is 41.4 Å². The van der Waals surface area contributed by atoms with Gasteiger partial charge in [0.25, 0.3) is 5.91 Å². The van der Waals surface area contributed by atoms with E-state index in [1.165, 1.54) is 11.8 Å². The van der Waals surface area contributed by atoms with Crippen molar-refractivity contribution < 1.29 is 14.4 Å². The fourth-order valence-corrected chi connectivity index (χ4v) is 3.68. The molecular weight excluding hydrogens is 350 g/mol. The summed E-state index contributed by atoms with van der Waals surface area (Å²) in [5, 5.41) is 6.19. The lowest BCUT2D eigenvalue weighted by molar-refractivity contribution is -0.123. The third-order valence-corrected chi connectivity index (χ3v) is 5.06. The summed E-state index contributed by atoms with van der Waals surface area (Å²) in [5.41, 5.74) is 0.884. The quantitative estimate of drug-likeness (QED) is 0.853. The molecule has 24 heavy (non-hydrogen) atoms. The SMILES string of the molecule is CSCC(=O)N[C@H]1CCN2C(=O)c3ccc(Cl)cc3NC(=O)[C@@H]2C1. The zero-order valence-corrected chi connectivity index (χ0v) is 14.7. The molecule has 8 heteroatoms. The summed E-state index contributed by atoms with van der Waals surface area (Å²) < 4.78 is 0. The number of anilines is 1. The van der Waals surface area contributed by atoms with E-state index in [1.54, 1.807) is 23.1 Å². The first kappa shape index (κ1) is 17.1. The normalized spacial score (nSPS) is 23.0. The molecule has 6 nitrogen and oxygen atoms in total. The fraction of sp³-hybridized carbons (Fsp3) is 0.438. The number of hydrogen-bond acceptors (Lipinski definition) is 4. The molecule has 0 unspecified atom stereocenters. The number of piperidine rings is 1. The molecule has 2 N–H and O–H groups in total. The van der Waals surface area contributed by atoms with Gasteiger partial charge in [-0.1, -0.05) is 11.6 Å². The highest BCUT2D eigenvalue weighted by molar-refractivity contribution is 7.99. The maximum atomic E-state index is 12.8. The Hall–Kier alpha value is -1.73. The van der Waals surface area contributed by atoms with Gasteiger partial charge in [-0.25, -0.2) is 0 Å². The van der Waals surface area contributed by atoms with Crippen LogP contribution in [0.5, 0.6) is 0 Å². The summed E-state index contributed by atoms with van der Waals surface area (Å²) in [6, 6.07) is 4.17. The number of nitrogens with zero attached hydrogens (tertiary/aromatic N) is 1. The summed E-state index contributed by atoms with van der Waals surface area (Å²) in [4.78, 5) is 38.7. The van der Waals surface area contributed by atoms with Gasteiger partial charge in [0.05, 0.1) is 17.0 Å². The van der Waals surface area contributed by atoms with E-state index in [-0.39, 0.29) is 23.8 Å². The number of carbonyl (C=O) groups is 3. The summed E-state index contributed by atoms with van der Waals surface area (Å²) in [6.45, 7) is 0.434. The van der Waals surface area contributed by atoms with Crippen LogP contribution in [0.3, 0.4) is 0 Å². The minimum Gasteiger partial charge on any atom is -0.352 e. The molecule has 2 aliphatic heterocycles. The minimum absolute atomic E-state index is 0.0450. The fourth-order valence-electron chi connectivity index (χ4n) is 3.17. The highest BCUT2D eigenvalue weighted by atomic mass is 35.5. The Kier molecular flexibility index (Phi) is 5.01. The Morgan fingerprint density at radius 2 is 2.25 bits per heavy atom. The second kappa shape index (κ2) is 7.03. The van der Waals surface area contributed by atoms with Crippen LogP contribution in [-0.4, -0.2) is 53.3 Å². The van der Waals surface area contributed by atoms with Gasteiger partial charge >= 0.3 is 0 Å². The van der Waals surface area contributed by atoms with E-state index < -0.39 is 6.04 Å². The smallest absolute Gasteiger partial charge is 0.256 e. The predicted molar refractivity (Wildman–Crippen MR) is 94.5 cm³/mol. The van der Waals surface area contributed by atoms with Crippen molar-refractivity contribution in [3.8, 4) is 0 Å². The number of rotatable bonds is 3. The van der Waals surface area contributed by atoms with E-state index in [9.17, 15) is 14.4 Å². The van der Waals surface area contributed by atoms with Crippen LogP contribution in [0.15, 0.2) is 18.2 Å². The molecule has 2 heterocycles. The Labute approximate surface area is 149 Å². The topological polar surface area (TPSA) is 78.5 Å². The van der Waals surface area contributed by atoms with Crippen LogP contribution in [0, 0.1) is 0 Å². The van der Waals surface area contributed by atoms with Gasteiger partial charge in [-0.3, -0.25) is 14.4 Å². The Morgan fingerprint density at radius 1 is 1.46 bits per heavy atom. The van der Waals surface area contributed by atoms with Crippen molar-refractivity contribution in [2.75, 3.05) is 23.9 Å². The molecule has 0 spiro atoms. The first-order valence-corrected chi connectivity index (χ1v) is 9.46. The standard InChI is InChI=1S/C16H18ClN3O3S/c1-24-8-14(21)18-10-4-5-20-13(7-10)15(22)19-12-6-9(17)2-3-11(12)16(20)23/h2-3,6,10,13H,4-5,7-8H2,1H3,(H,18,21)(H,19,22)/t10-,13-/m0/s1. The van der Waals surface area contributed by atoms with Crippen molar-refractivity contribution in [1.29, 1.82) is 0 Å². The monoisotopic (exact) mass is 367 g/mol. The molecule has 1 aromatic rings. The van der Waals surface area contributed by atoms with Crippen molar-refractivity contribution in [1.82, 2.24) is 10.2 Å². The van der Waals surface area contributed by atoms with Gasteiger partial charge in [0.2, 0.25) is 11.8 Å². The summed E-state index contributed by atoms with van der Waals surface area (Å²) in [7, 11) is 0. The molecule has 3 rings (SSSR count). The molecule has 0 aliphatic carbocycles. The van der Waals surface area contributed by atoms with E-state index in [0.717, 1.165) is 0 Å². The lowest BCUT2D eigenvalue weighted by Gasteiger charge is -2.37. The number of benzene rings is 1. The van der Waals surface area contributed by atoms with Crippen LogP contribution in [-0.2, 0) is 9.59 Å². The maximum absolute atomic E-state index is 12.8. The van der Waals surface area contributed by atoms with Gasteiger partial charge < -0.3 is 15.5 Å². The van der Waals surface area contributed by atoms with Crippen LogP contribution < -0.4 is 10.6 Å². The van der Waals surface area contributed by atoms with Crippen LogP contribution >= 0.6 is 23.4 Å². The van der Waals surface area contributed by atoms with Crippen LogP contribution in [0.4, 0.5) is 5.69 Å². The third kappa shape index (κ3) is 3.37. The number of thioether (sulfide) groups is 1. The van der Waals surface area contributed by atoms with Crippen molar-refractivity contribution in [3.63, 3.8) is 0 Å². The molecule has 3 amide bonds. The van der Waals surface area contributed by atoms with Gasteiger partial charge in [-0.05, 0) is 37.3 Å². The average Bonchev–Trinajstić information content (AvgIpc) is 2.63. The zero-order valence-electron chi connectivity index (χ0n) is 13.2. The second-order valence-corrected chi connectivity index (χ2v) is 7.22. The molecule has 0 bridgehead atoms. The second-order valence-electron chi connectivity index (χ2n) is 5.92. The molecule has 1 saturated heterocycles. The van der Waals surface area contributed by atoms with Gasteiger partial charge in [0.15, 0.2) is 0 Å². The van der Waals surface area contributed by atoms with E-state index in [1.807, 2.05) is 6.26 Å². The summed E-state index contributed by atoms with van der Waals surface area (Å²) in [6.07, 6.45) is 2.92. The Balaban J connectivity index is 1.80. The Morgan fingerprint density at radius 3 is 3.00 bits per heavy atom. The van der Waals surface area contributed by atoms with Crippen LogP contribution in [0.1, 0.15) is 23.2 Å². The largest absolute Gasteiger partial charge is 0.352 e. The number of amides is 3. The first-order chi connectivity index (χ1) is 11.5. The van der Waals surface area contributed by atoms with Gasteiger partial charge in [0, 0.05) is 17.6 Å². The number of fused-ring (bicyclic) bond motifs is 2. The first-order valence-electron chi connectivity index (χ1n) is 7.69. The number of nitrogens with one attached hydrogen (secondary N) is 2. The number of carbonyl (C=O) groups excluding carboxylic acids is 3. The molecule has 2 atom stereocenters. The Bertz CT molecular complexity index is 697. The molecule has 1 aromatic carbocycles. The minimum atomic E-state index is -0.586. The van der Waals surface area contributed by atoms with Gasteiger partial charge in [-0.15, -0.1) is 0 Å². The highest BCUT2D eigenvalue weighted by Gasteiger charge is 2.40. The lowest BCUT2D eigenvalue weighted by Crippen LogP contribution is -2.55. The highest BCUT2D eigenvalue weighted by Crippen LogP contribution is 2.30. The van der Waals surface area contributed by atoms with Crippen LogP contribution in [0.2, 0.25) is 5.02 Å². The maximum Gasteiger partial charge on any atom is 0.256 e. The summed E-state index contributed by atoms with van der Waals surface area (Å²) >= 11 is 7.41. The van der Waals surface area contributed by atoms with Crippen molar-refractivity contribution in [2.45, 2.75) is 24.9 Å². The van der Waals surface area contributed by atoms with Crippen LogP contribution in [0.25, 0.3) is 0 Å². The molecule has 1 fully saturated rings. The lowest BCUT2D eigenvalue weighted by atomic mass is 9.96. The summed E-state index contributed by atoms with van der Waals surface area (Å²) in [5.74, 6) is -0.0802. The molecule has 128 valence electrons. The van der Waals surface area contributed by atoms with E-state index >= 15 is 0 Å². The predicted octanol–water partition coefficient (Wildman–Crippen LogP) is 1.74. The van der Waals surface area contributed by atoms with Crippen molar-refractivity contribution in [3.05, 3.63) is 28.8 Å². The van der Waals surface area contributed by atoms with Crippen molar-refractivity contribution >= 4 is 46.8 Å². The molecule has 0 radical (unpaired) electrons.